The van der Waals surface area contributed by atoms with Crippen LogP contribution in [0, 0.1) is 5.92 Å². The second kappa shape index (κ2) is 12.9. The normalized spacial score (nSPS) is 14.7. The van der Waals surface area contributed by atoms with Crippen molar-refractivity contribution in [3.05, 3.63) is 109 Å². The van der Waals surface area contributed by atoms with Crippen LogP contribution in [0.2, 0.25) is 0 Å². The van der Waals surface area contributed by atoms with Gasteiger partial charge in [0.25, 0.3) is 0 Å². The predicted molar refractivity (Wildman–Crippen MR) is 123 cm³/mol. The van der Waals surface area contributed by atoms with Crippen LogP contribution in [0.25, 0.3) is 0 Å². The third-order valence-electron chi connectivity index (χ3n) is 4.54. The Morgan fingerprint density at radius 1 is 0.867 bits per heavy atom. The van der Waals surface area contributed by atoms with Crippen LogP contribution in [0.1, 0.15) is 34.1 Å². The Morgan fingerprint density at radius 2 is 1.37 bits per heavy atom. The molecule has 2 atom stereocenters. The first-order chi connectivity index (χ1) is 13.8. The molecule has 0 saturated carbocycles. The van der Waals surface area contributed by atoms with Gasteiger partial charge in [-0.15, -0.1) is 0 Å². The predicted octanol–water partition coefficient (Wildman–Crippen LogP) is 8.35. The highest BCUT2D eigenvalue weighted by Crippen LogP contribution is 2.27. The van der Waals surface area contributed by atoms with Crippen LogP contribution in [-0.4, -0.2) is 12.7 Å². The van der Waals surface area contributed by atoms with Crippen LogP contribution >= 0.6 is 0 Å². The first kappa shape index (κ1) is 27.4. The molecule has 0 bridgehead atoms. The summed E-state index contributed by atoms with van der Waals surface area (Å²) in [5.74, 6) is -2.44. The molecule has 0 N–H and O–H groups in total. The number of halogens is 3. The van der Waals surface area contributed by atoms with Crippen molar-refractivity contribution in [1.29, 1.82) is 0 Å². The van der Waals surface area contributed by atoms with E-state index in [-0.39, 0.29) is 34.0 Å². The third-order valence-corrected chi connectivity index (χ3v) is 4.54. The van der Waals surface area contributed by atoms with Crippen LogP contribution in [0.4, 0.5) is 13.2 Å². The van der Waals surface area contributed by atoms with Gasteiger partial charge in [0.2, 0.25) is 0 Å². The Morgan fingerprint density at radius 3 is 1.83 bits per heavy atom. The average molecular weight is 419 g/mol. The molecule has 0 fully saturated rings. The zero-order valence-corrected chi connectivity index (χ0v) is 18.6. The fraction of sp³-hybridized carbons (Fsp3) is 0.308. The Labute approximate surface area is 179 Å². The summed E-state index contributed by atoms with van der Waals surface area (Å²) >= 11 is 0. The molecule has 1 nitrogen and oxygen atoms in total. The molecule has 0 spiro atoms. The van der Waals surface area contributed by atoms with E-state index in [0.717, 1.165) is 6.42 Å². The lowest BCUT2D eigenvalue weighted by atomic mass is 10.0. The van der Waals surface area contributed by atoms with E-state index >= 15 is 0 Å². The van der Waals surface area contributed by atoms with Crippen LogP contribution in [0.5, 0.6) is 0 Å². The maximum Gasteiger partial charge on any atom is 0.166 e. The minimum atomic E-state index is -1.14. The summed E-state index contributed by atoms with van der Waals surface area (Å²) in [6, 6.07) is 0. The van der Waals surface area contributed by atoms with Gasteiger partial charge in [-0.25, -0.2) is 13.2 Å². The SMILES string of the molecule is C=C(/C=C\C(=C)C(=C)/C(F)=C\C(=C)C(C)OCC(C)CC)C(=C)/C(F)=C(/F)C(=C)C. The lowest BCUT2D eigenvalue weighted by molar-refractivity contribution is 0.0663. The third kappa shape index (κ3) is 8.83. The summed E-state index contributed by atoms with van der Waals surface area (Å²) in [6.45, 7) is 29.6. The van der Waals surface area contributed by atoms with Gasteiger partial charge in [-0.1, -0.05) is 71.9 Å². The molecule has 0 saturated heterocycles. The minimum absolute atomic E-state index is 0.0315. The summed E-state index contributed by atoms with van der Waals surface area (Å²) in [5, 5.41) is 0. The van der Waals surface area contributed by atoms with Gasteiger partial charge in [0.05, 0.1) is 6.10 Å². The second-order valence-corrected chi connectivity index (χ2v) is 7.31. The Bertz CT molecular complexity index is 821. The summed E-state index contributed by atoms with van der Waals surface area (Å²) in [7, 11) is 0. The largest absolute Gasteiger partial charge is 0.374 e. The molecule has 0 aliphatic carbocycles. The van der Waals surface area contributed by atoms with Gasteiger partial charge in [-0.3, -0.25) is 0 Å². The van der Waals surface area contributed by atoms with Crippen molar-refractivity contribution >= 4 is 0 Å². The number of ether oxygens (including phenoxy) is 1. The molecule has 0 aliphatic heterocycles. The summed E-state index contributed by atoms with van der Waals surface area (Å²) in [6.07, 6.45) is 4.66. The molecule has 0 aromatic rings. The van der Waals surface area contributed by atoms with E-state index in [0.29, 0.717) is 18.1 Å². The van der Waals surface area contributed by atoms with Gasteiger partial charge in [0.1, 0.15) is 5.83 Å². The fourth-order valence-electron chi connectivity index (χ4n) is 1.92. The second-order valence-electron chi connectivity index (χ2n) is 7.31. The van der Waals surface area contributed by atoms with Gasteiger partial charge in [0, 0.05) is 17.8 Å². The average Bonchev–Trinajstić information content (AvgIpc) is 2.72. The maximum atomic E-state index is 14.5. The maximum absolute atomic E-state index is 14.5. The summed E-state index contributed by atoms with van der Waals surface area (Å²) in [4.78, 5) is 0. The van der Waals surface area contributed by atoms with Crippen molar-refractivity contribution in [3.63, 3.8) is 0 Å². The van der Waals surface area contributed by atoms with E-state index in [9.17, 15) is 13.2 Å². The molecule has 0 rings (SSSR count). The molecule has 164 valence electrons. The first-order valence-electron chi connectivity index (χ1n) is 9.67. The van der Waals surface area contributed by atoms with E-state index in [1.807, 2.05) is 0 Å². The van der Waals surface area contributed by atoms with Crippen molar-refractivity contribution in [2.75, 3.05) is 6.61 Å². The zero-order chi connectivity index (χ0) is 23.6. The Balaban J connectivity index is 5.10. The highest BCUT2D eigenvalue weighted by atomic mass is 19.2. The van der Waals surface area contributed by atoms with Crippen molar-refractivity contribution in [3.8, 4) is 0 Å². The number of hydrogen-bond donors (Lipinski definition) is 0. The van der Waals surface area contributed by atoms with Gasteiger partial charge in [-0.05, 0) is 48.1 Å². The number of allylic oxidation sites excluding steroid dienone is 10. The summed E-state index contributed by atoms with van der Waals surface area (Å²) in [5.41, 5.74) is 0.556. The number of rotatable bonds is 13. The van der Waals surface area contributed by atoms with Crippen molar-refractivity contribution in [2.45, 2.75) is 40.2 Å². The Kier molecular flexibility index (Phi) is 11.8. The highest BCUT2D eigenvalue weighted by molar-refractivity contribution is 5.53. The smallest absolute Gasteiger partial charge is 0.166 e. The van der Waals surface area contributed by atoms with Crippen LogP contribution < -0.4 is 0 Å². The van der Waals surface area contributed by atoms with E-state index < -0.39 is 17.5 Å². The summed E-state index contributed by atoms with van der Waals surface area (Å²) < 4.78 is 47.8. The molecule has 30 heavy (non-hydrogen) atoms. The first-order valence-corrected chi connectivity index (χ1v) is 9.67. The monoisotopic (exact) mass is 418 g/mol. The molecule has 0 heterocycles. The van der Waals surface area contributed by atoms with Crippen LogP contribution in [0.15, 0.2) is 109 Å². The highest BCUT2D eigenvalue weighted by Gasteiger charge is 2.13. The molecule has 4 heteroatoms. The zero-order valence-electron chi connectivity index (χ0n) is 18.6. The van der Waals surface area contributed by atoms with Crippen LogP contribution in [0.3, 0.4) is 0 Å². The minimum Gasteiger partial charge on any atom is -0.374 e. The molecule has 0 aliphatic rings. The van der Waals surface area contributed by atoms with Crippen molar-refractivity contribution in [1.82, 2.24) is 0 Å². The van der Waals surface area contributed by atoms with Crippen molar-refractivity contribution < 1.29 is 17.9 Å². The molecular weight excluding hydrogens is 385 g/mol. The van der Waals surface area contributed by atoms with Crippen molar-refractivity contribution in [2.24, 2.45) is 5.92 Å². The van der Waals surface area contributed by atoms with Gasteiger partial charge in [-0.2, -0.15) is 0 Å². The van der Waals surface area contributed by atoms with E-state index in [4.69, 9.17) is 4.74 Å². The molecule has 0 aromatic heterocycles. The molecule has 0 radical (unpaired) electrons. The lowest BCUT2D eigenvalue weighted by Gasteiger charge is -2.16. The quantitative estimate of drug-likeness (QED) is 0.273. The van der Waals surface area contributed by atoms with E-state index in [1.165, 1.54) is 25.2 Å². The van der Waals surface area contributed by atoms with Gasteiger partial charge in [0.15, 0.2) is 11.7 Å². The number of hydrogen-bond acceptors (Lipinski definition) is 1. The van der Waals surface area contributed by atoms with Gasteiger partial charge >= 0.3 is 0 Å². The van der Waals surface area contributed by atoms with E-state index in [1.54, 1.807) is 6.92 Å². The lowest BCUT2D eigenvalue weighted by Crippen LogP contribution is -2.15. The molecule has 0 amide bonds. The molecular formula is C26H33F3O. The standard InChI is InChI=1S/C26H33F3O/c1-11-17(4)15-30-23(10)20(7)14-24(27)21(8)18(5)12-13-19(6)22(9)26(29)25(28)16(2)3/h12-14,17,23H,2,5-9,11,15H2,1,3-4,10H3/b13-12-,24-14+,26-25-. The molecule has 0 aromatic carbocycles. The van der Waals surface area contributed by atoms with Gasteiger partial charge < -0.3 is 4.74 Å². The van der Waals surface area contributed by atoms with E-state index in [2.05, 4.69) is 53.3 Å². The molecule has 2 unspecified atom stereocenters. The topological polar surface area (TPSA) is 9.23 Å². The van der Waals surface area contributed by atoms with Crippen LogP contribution in [-0.2, 0) is 4.74 Å². The Hall–Kier alpha value is -2.59. The fourth-order valence-corrected chi connectivity index (χ4v) is 1.92.